The minimum Gasteiger partial charge on any atom is -0.461 e. The van der Waals surface area contributed by atoms with Crippen molar-refractivity contribution in [2.45, 2.75) is 25.8 Å². The van der Waals surface area contributed by atoms with Crippen LogP contribution in [-0.4, -0.2) is 23.4 Å². The molecule has 0 aliphatic heterocycles. The number of aryl methyl sites for hydroxylation is 2. The van der Waals surface area contributed by atoms with Crippen molar-refractivity contribution in [3.05, 3.63) is 64.8 Å². The van der Waals surface area contributed by atoms with Gasteiger partial charge in [-0.05, 0) is 54.8 Å². The van der Waals surface area contributed by atoms with Crippen molar-refractivity contribution in [1.82, 2.24) is 4.57 Å². The molecule has 5 heteroatoms. The topological polar surface area (TPSA) is 55.0 Å². The average Bonchev–Trinajstić information content (AvgIpc) is 3.00. The van der Waals surface area contributed by atoms with Crippen molar-refractivity contribution in [1.29, 1.82) is 5.26 Å². The predicted octanol–water partition coefficient (Wildman–Crippen LogP) is 5.75. The van der Waals surface area contributed by atoms with Gasteiger partial charge in [0.05, 0.1) is 17.2 Å². The molecule has 0 spiro atoms. The third-order valence-electron chi connectivity index (χ3n) is 5.06. The van der Waals surface area contributed by atoms with E-state index in [0.29, 0.717) is 16.8 Å². The zero-order valence-electron chi connectivity index (χ0n) is 17.4. The first-order chi connectivity index (χ1) is 13.9. The Hall–Kier alpha value is -2.97. The van der Waals surface area contributed by atoms with Crippen LogP contribution in [0.25, 0.3) is 22.3 Å². The number of benzene rings is 2. The molecule has 0 amide bonds. The van der Waals surface area contributed by atoms with Gasteiger partial charge in [-0.3, -0.25) is 0 Å². The van der Waals surface area contributed by atoms with Crippen molar-refractivity contribution in [3.63, 3.8) is 0 Å². The second-order valence-corrected chi connectivity index (χ2v) is 7.64. The van der Waals surface area contributed by atoms with E-state index in [1.807, 2.05) is 30.5 Å². The Labute approximate surface area is 176 Å². The lowest BCUT2D eigenvalue weighted by Gasteiger charge is -2.11. The smallest absolute Gasteiger partial charge is 0.355 e. The van der Waals surface area contributed by atoms with Crippen molar-refractivity contribution < 1.29 is 9.53 Å². The van der Waals surface area contributed by atoms with E-state index in [9.17, 15) is 10.1 Å². The molecule has 29 heavy (non-hydrogen) atoms. The Bertz CT molecular complexity index is 1090. The highest BCUT2D eigenvalue weighted by Crippen LogP contribution is 2.38. The molecule has 4 nitrogen and oxygen atoms in total. The number of carbonyl (C=O) groups is 1. The van der Waals surface area contributed by atoms with Crippen LogP contribution in [0.4, 0.5) is 0 Å². The fourth-order valence-electron chi connectivity index (χ4n) is 3.80. The fraction of sp³-hybridized carbons (Fsp3) is 0.250. The van der Waals surface area contributed by atoms with Gasteiger partial charge in [0.15, 0.2) is 0 Å². The quantitative estimate of drug-likeness (QED) is 0.401. The van der Waals surface area contributed by atoms with E-state index in [-0.39, 0.29) is 6.61 Å². The lowest BCUT2D eigenvalue weighted by molar-refractivity contribution is 0.0515. The molecule has 2 aromatic carbocycles. The predicted molar refractivity (Wildman–Crippen MR) is 118 cm³/mol. The molecule has 0 fully saturated rings. The van der Waals surface area contributed by atoms with Gasteiger partial charge in [-0.1, -0.05) is 42.5 Å². The van der Waals surface area contributed by atoms with E-state index in [1.165, 1.54) is 28.5 Å². The molecule has 0 aliphatic rings. The maximum atomic E-state index is 12.7. The van der Waals surface area contributed by atoms with E-state index < -0.39 is 5.97 Å². The van der Waals surface area contributed by atoms with E-state index >= 15 is 0 Å². The molecule has 3 aromatic rings. The number of nitrogens with zero attached hydrogens (tertiary/aromatic N) is 2. The summed E-state index contributed by atoms with van der Waals surface area (Å²) < 4.78 is 7.03. The molecule has 1 heterocycles. The first kappa shape index (κ1) is 20.8. The number of nitriles is 1. The summed E-state index contributed by atoms with van der Waals surface area (Å²) in [7, 11) is 1.80. The molecule has 0 atom stereocenters. The van der Waals surface area contributed by atoms with Crippen molar-refractivity contribution in [2.24, 2.45) is 7.05 Å². The summed E-state index contributed by atoms with van der Waals surface area (Å²) in [5.74, 6) is -0.416. The Balaban J connectivity index is 2.18. The molecule has 0 unspecified atom stereocenters. The van der Waals surface area contributed by atoms with Crippen LogP contribution in [0.1, 0.15) is 34.1 Å². The number of rotatable bonds is 5. The SMILES string of the molecule is CCOC(=O)c1c(-c2ccc(-c3c(C)cccc3C)cc2)c(C#N)c(SC)n1C. The van der Waals surface area contributed by atoms with E-state index in [2.05, 4.69) is 38.1 Å². The van der Waals surface area contributed by atoms with Crippen LogP contribution in [0.3, 0.4) is 0 Å². The Morgan fingerprint density at radius 1 is 1.07 bits per heavy atom. The molecule has 0 saturated heterocycles. The number of thioether (sulfide) groups is 1. The van der Waals surface area contributed by atoms with Crippen LogP contribution in [0, 0.1) is 25.2 Å². The molecular weight excluding hydrogens is 380 g/mol. The fourth-order valence-corrected chi connectivity index (χ4v) is 4.51. The van der Waals surface area contributed by atoms with Gasteiger partial charge in [0.25, 0.3) is 0 Å². The number of hydrogen-bond donors (Lipinski definition) is 0. The largest absolute Gasteiger partial charge is 0.461 e. The van der Waals surface area contributed by atoms with Crippen LogP contribution >= 0.6 is 11.8 Å². The summed E-state index contributed by atoms with van der Waals surface area (Å²) >= 11 is 1.45. The first-order valence-electron chi connectivity index (χ1n) is 9.45. The highest BCUT2D eigenvalue weighted by molar-refractivity contribution is 7.98. The number of aromatic nitrogens is 1. The lowest BCUT2D eigenvalue weighted by atomic mass is 9.93. The summed E-state index contributed by atoms with van der Waals surface area (Å²) in [6, 6.07) is 16.6. The van der Waals surface area contributed by atoms with Gasteiger partial charge >= 0.3 is 5.97 Å². The third kappa shape index (κ3) is 3.68. The Morgan fingerprint density at radius 2 is 1.62 bits per heavy atom. The van der Waals surface area contributed by atoms with Crippen LogP contribution < -0.4 is 0 Å². The normalized spacial score (nSPS) is 10.6. The molecular formula is C24H24N2O2S. The van der Waals surface area contributed by atoms with Crippen LogP contribution in [0.2, 0.25) is 0 Å². The molecule has 148 valence electrons. The number of esters is 1. The first-order valence-corrected chi connectivity index (χ1v) is 10.7. The van der Waals surface area contributed by atoms with Gasteiger partial charge < -0.3 is 9.30 Å². The van der Waals surface area contributed by atoms with Crippen molar-refractivity contribution in [2.75, 3.05) is 12.9 Å². The zero-order valence-corrected chi connectivity index (χ0v) is 18.2. The van der Waals surface area contributed by atoms with Crippen molar-refractivity contribution >= 4 is 17.7 Å². The minimum absolute atomic E-state index is 0.283. The van der Waals surface area contributed by atoms with Crippen LogP contribution in [-0.2, 0) is 11.8 Å². The molecule has 3 rings (SSSR count). The van der Waals surface area contributed by atoms with Crippen LogP contribution in [0.5, 0.6) is 0 Å². The Morgan fingerprint density at radius 3 is 2.10 bits per heavy atom. The third-order valence-corrected chi connectivity index (χ3v) is 5.92. The second kappa shape index (κ2) is 8.59. The highest BCUT2D eigenvalue weighted by atomic mass is 32.2. The summed E-state index contributed by atoms with van der Waals surface area (Å²) in [6.45, 7) is 6.27. The number of ether oxygens (including phenoxy) is 1. The maximum Gasteiger partial charge on any atom is 0.355 e. The molecule has 0 N–H and O–H groups in total. The van der Waals surface area contributed by atoms with E-state index in [4.69, 9.17) is 4.74 Å². The van der Waals surface area contributed by atoms with Gasteiger partial charge in [0.1, 0.15) is 11.8 Å². The monoisotopic (exact) mass is 404 g/mol. The van der Waals surface area contributed by atoms with Crippen molar-refractivity contribution in [3.8, 4) is 28.3 Å². The summed E-state index contributed by atoms with van der Waals surface area (Å²) in [5.41, 5.74) is 7.13. The lowest BCUT2D eigenvalue weighted by Crippen LogP contribution is -2.11. The molecule has 0 saturated carbocycles. The average molecular weight is 405 g/mol. The van der Waals surface area contributed by atoms with Gasteiger partial charge in [0, 0.05) is 12.6 Å². The minimum atomic E-state index is -0.416. The zero-order chi connectivity index (χ0) is 21.1. The van der Waals surface area contributed by atoms with E-state index in [1.54, 1.807) is 18.5 Å². The van der Waals surface area contributed by atoms with Crippen LogP contribution in [0.15, 0.2) is 47.5 Å². The summed E-state index contributed by atoms with van der Waals surface area (Å²) in [4.78, 5) is 12.7. The summed E-state index contributed by atoms with van der Waals surface area (Å²) in [6.07, 6.45) is 1.90. The van der Waals surface area contributed by atoms with Gasteiger partial charge in [-0.25, -0.2) is 4.79 Å². The van der Waals surface area contributed by atoms with E-state index in [0.717, 1.165) is 16.2 Å². The van der Waals surface area contributed by atoms with Gasteiger partial charge in [-0.2, -0.15) is 5.26 Å². The second-order valence-electron chi connectivity index (χ2n) is 6.84. The number of carbonyl (C=O) groups excluding carboxylic acids is 1. The molecule has 0 radical (unpaired) electrons. The maximum absolute atomic E-state index is 12.7. The molecule has 0 bridgehead atoms. The number of hydrogen-bond acceptors (Lipinski definition) is 4. The summed E-state index contributed by atoms with van der Waals surface area (Å²) in [5, 5.41) is 10.6. The molecule has 1 aromatic heterocycles. The highest BCUT2D eigenvalue weighted by Gasteiger charge is 2.27. The molecule has 0 aliphatic carbocycles. The standard InChI is InChI=1S/C24H24N2O2S/c1-6-28-24(27)22-21(19(14-25)23(29-5)26(22)4)18-12-10-17(11-13-18)20-15(2)8-7-9-16(20)3/h7-13H,6H2,1-5H3. The van der Waals surface area contributed by atoms with Gasteiger partial charge in [0.2, 0.25) is 0 Å². The van der Waals surface area contributed by atoms with Gasteiger partial charge in [-0.15, -0.1) is 11.8 Å². The Kier molecular flexibility index (Phi) is 6.14.